The van der Waals surface area contributed by atoms with Crippen LogP contribution in [0.3, 0.4) is 0 Å². The molecule has 0 saturated carbocycles. The number of alkyl carbamates (subject to hydrolysis) is 1. The predicted octanol–water partition coefficient (Wildman–Crippen LogP) is 6.68. The maximum atomic E-state index is 14.6. The van der Waals surface area contributed by atoms with Gasteiger partial charge in [0.2, 0.25) is 11.8 Å². The molecule has 12 heteroatoms. The Kier molecular flexibility index (Phi) is 12.4. The van der Waals surface area contributed by atoms with Gasteiger partial charge in [-0.3, -0.25) is 14.5 Å². The highest BCUT2D eigenvalue weighted by Gasteiger charge is 2.47. The number of phenols is 1. The van der Waals surface area contributed by atoms with Crippen LogP contribution in [0.25, 0.3) is 0 Å². The molecule has 2 heterocycles. The number of ether oxygens (including phenoxy) is 1. The van der Waals surface area contributed by atoms with E-state index in [1.54, 1.807) is 41.3 Å². The van der Waals surface area contributed by atoms with Crippen molar-refractivity contribution in [2.75, 3.05) is 18.8 Å². The van der Waals surface area contributed by atoms with E-state index in [2.05, 4.69) is 27.7 Å². The number of carbonyl (C=O) groups excluding carboxylic acids is 3. The number of para-hydroxylation sites is 1. The summed E-state index contributed by atoms with van der Waals surface area (Å²) in [5.41, 5.74) is 1.34. The zero-order chi connectivity index (χ0) is 35.1. The largest absolute Gasteiger partial charge is 0.507 e. The SMILES string of the molecule is CC(C)(C)OC(=O)N[C@@H]1C[C@H]2C(=O)N([C@H](CSc3ccccc3O)C(=O)NCc3ccc(Cl)c(Cl)c3)CCC(CCc3ccccc3)N2C1. The van der Waals surface area contributed by atoms with Gasteiger partial charge >= 0.3 is 6.09 Å². The van der Waals surface area contributed by atoms with Crippen LogP contribution in [0.15, 0.2) is 77.7 Å². The molecule has 0 spiro atoms. The third-order valence-corrected chi connectivity index (χ3v) is 10.7. The molecule has 2 aliphatic heterocycles. The zero-order valence-electron chi connectivity index (χ0n) is 28.0. The number of thioether (sulfide) groups is 1. The fourth-order valence-corrected chi connectivity index (χ4v) is 7.83. The quantitative estimate of drug-likeness (QED) is 0.189. The lowest BCUT2D eigenvalue weighted by Gasteiger charge is -2.32. The second-order valence-electron chi connectivity index (χ2n) is 13.6. The Bertz CT molecular complexity index is 1620. The highest BCUT2D eigenvalue weighted by Crippen LogP contribution is 2.33. The van der Waals surface area contributed by atoms with E-state index in [1.165, 1.54) is 17.3 Å². The fourth-order valence-electron chi connectivity index (χ4n) is 6.45. The highest BCUT2D eigenvalue weighted by molar-refractivity contribution is 7.99. The van der Waals surface area contributed by atoms with Gasteiger partial charge in [0.1, 0.15) is 17.4 Å². The van der Waals surface area contributed by atoms with Crippen molar-refractivity contribution in [3.8, 4) is 5.75 Å². The number of carbonyl (C=O) groups is 3. The van der Waals surface area contributed by atoms with Gasteiger partial charge in [0, 0.05) is 42.4 Å². The first-order valence-corrected chi connectivity index (χ1v) is 18.3. The molecule has 3 N–H and O–H groups in total. The Morgan fingerprint density at radius 3 is 2.47 bits per heavy atom. The molecule has 3 aromatic carbocycles. The normalized spacial score (nSPS) is 20.3. The summed E-state index contributed by atoms with van der Waals surface area (Å²) in [5.74, 6) is -0.109. The first-order chi connectivity index (χ1) is 23.4. The van der Waals surface area contributed by atoms with Crippen LogP contribution >= 0.6 is 35.0 Å². The molecule has 3 amide bonds. The minimum atomic E-state index is -0.826. The van der Waals surface area contributed by atoms with Crippen molar-refractivity contribution in [3.05, 3.63) is 94.0 Å². The maximum absolute atomic E-state index is 14.6. The first kappa shape index (κ1) is 36.8. The lowest BCUT2D eigenvalue weighted by Crippen LogP contribution is -2.54. The van der Waals surface area contributed by atoms with Gasteiger partial charge in [-0.2, -0.15) is 0 Å². The molecule has 5 rings (SSSR count). The Morgan fingerprint density at radius 1 is 1.02 bits per heavy atom. The maximum Gasteiger partial charge on any atom is 0.407 e. The van der Waals surface area contributed by atoms with E-state index >= 15 is 0 Å². The van der Waals surface area contributed by atoms with E-state index in [-0.39, 0.29) is 41.9 Å². The lowest BCUT2D eigenvalue weighted by molar-refractivity contribution is -0.142. The van der Waals surface area contributed by atoms with Crippen LogP contribution in [0.2, 0.25) is 10.0 Å². The average Bonchev–Trinajstić information content (AvgIpc) is 3.42. The number of aromatic hydroxyl groups is 1. The molecule has 262 valence electrons. The van der Waals surface area contributed by atoms with Crippen molar-refractivity contribution in [1.29, 1.82) is 0 Å². The molecule has 2 fully saturated rings. The molecular formula is C37H44Cl2N4O5S. The highest BCUT2D eigenvalue weighted by atomic mass is 35.5. The first-order valence-electron chi connectivity index (χ1n) is 16.6. The van der Waals surface area contributed by atoms with E-state index < -0.39 is 23.8 Å². The molecule has 9 nitrogen and oxygen atoms in total. The van der Waals surface area contributed by atoms with Crippen molar-refractivity contribution < 1.29 is 24.2 Å². The zero-order valence-corrected chi connectivity index (χ0v) is 30.4. The van der Waals surface area contributed by atoms with Crippen molar-refractivity contribution in [3.63, 3.8) is 0 Å². The summed E-state index contributed by atoms with van der Waals surface area (Å²) in [7, 11) is 0. The number of fused-ring (bicyclic) bond motifs is 1. The predicted molar refractivity (Wildman–Crippen MR) is 194 cm³/mol. The molecule has 0 bridgehead atoms. The number of hydrogen-bond donors (Lipinski definition) is 3. The van der Waals surface area contributed by atoms with Crippen LogP contribution in [0.1, 0.15) is 51.2 Å². The Morgan fingerprint density at radius 2 is 1.76 bits per heavy atom. The van der Waals surface area contributed by atoms with Gasteiger partial charge in [-0.15, -0.1) is 11.8 Å². The number of nitrogens with one attached hydrogen (secondary N) is 2. The average molecular weight is 728 g/mol. The summed E-state index contributed by atoms with van der Waals surface area (Å²) >= 11 is 13.7. The van der Waals surface area contributed by atoms with Crippen LogP contribution in [0.5, 0.6) is 5.75 Å². The van der Waals surface area contributed by atoms with Crippen LogP contribution in [-0.4, -0.2) is 81.4 Å². The Labute approximate surface area is 302 Å². The Hall–Kier alpha value is -3.44. The summed E-state index contributed by atoms with van der Waals surface area (Å²) in [5, 5.41) is 17.3. The number of hydrogen-bond acceptors (Lipinski definition) is 7. The number of phenolic OH excluding ortho intramolecular Hbond substituents is 1. The summed E-state index contributed by atoms with van der Waals surface area (Å²) in [6.07, 6.45) is 2.21. The smallest absolute Gasteiger partial charge is 0.407 e. The van der Waals surface area contributed by atoms with Gasteiger partial charge in [-0.05, 0) is 81.8 Å². The molecule has 0 radical (unpaired) electrons. The van der Waals surface area contributed by atoms with Gasteiger partial charge < -0.3 is 25.4 Å². The topological polar surface area (TPSA) is 111 Å². The summed E-state index contributed by atoms with van der Waals surface area (Å²) < 4.78 is 5.53. The van der Waals surface area contributed by atoms with Crippen LogP contribution in [-0.2, 0) is 27.3 Å². The molecule has 3 aromatic rings. The third-order valence-electron chi connectivity index (χ3n) is 8.80. The van der Waals surface area contributed by atoms with E-state index in [9.17, 15) is 19.5 Å². The monoisotopic (exact) mass is 726 g/mol. The molecular weight excluding hydrogens is 683 g/mol. The van der Waals surface area contributed by atoms with E-state index in [0.717, 1.165) is 18.4 Å². The Balaban J connectivity index is 1.39. The van der Waals surface area contributed by atoms with Gasteiger partial charge in [-0.25, -0.2) is 4.79 Å². The van der Waals surface area contributed by atoms with Crippen LogP contribution in [0, 0.1) is 0 Å². The number of halogens is 2. The number of benzene rings is 3. The minimum Gasteiger partial charge on any atom is -0.507 e. The second-order valence-corrected chi connectivity index (χ2v) is 15.4. The number of amides is 3. The van der Waals surface area contributed by atoms with Crippen molar-refractivity contribution in [2.24, 2.45) is 0 Å². The van der Waals surface area contributed by atoms with Crippen LogP contribution in [0.4, 0.5) is 4.79 Å². The van der Waals surface area contributed by atoms with Crippen molar-refractivity contribution in [2.45, 2.75) is 87.7 Å². The van der Waals surface area contributed by atoms with Gasteiger partial charge in [0.05, 0.1) is 16.1 Å². The van der Waals surface area contributed by atoms with Gasteiger partial charge in [0.15, 0.2) is 0 Å². The molecule has 49 heavy (non-hydrogen) atoms. The van der Waals surface area contributed by atoms with Gasteiger partial charge in [-0.1, -0.05) is 71.7 Å². The standard InChI is InChI=1S/C37H44Cl2N4O5S/c1-37(2,3)48-36(47)41-26-20-30-35(46)42(18-17-27(43(30)22-26)15-13-24-9-5-4-6-10-24)31(23-49-33-12-8-7-11-32(33)44)34(45)40-21-25-14-16-28(38)29(39)19-25/h4-12,14,16,19,26-27,30-31,44H,13,15,17-18,20-23H2,1-3H3,(H,40,45)(H,41,47)/t26-,27?,30+,31-/m1/s1. The molecule has 0 aromatic heterocycles. The van der Waals surface area contributed by atoms with Crippen LogP contribution < -0.4 is 10.6 Å². The molecule has 4 atom stereocenters. The molecule has 2 saturated heterocycles. The number of aryl methyl sites for hydroxylation is 1. The summed E-state index contributed by atoms with van der Waals surface area (Å²) in [6, 6.07) is 20.8. The van der Waals surface area contributed by atoms with Gasteiger partial charge in [0.25, 0.3) is 0 Å². The van der Waals surface area contributed by atoms with E-state index in [4.69, 9.17) is 27.9 Å². The lowest BCUT2D eigenvalue weighted by atomic mass is 10.0. The number of nitrogens with zero attached hydrogens (tertiary/aromatic N) is 2. The third kappa shape index (κ3) is 10.1. The molecule has 2 aliphatic rings. The van der Waals surface area contributed by atoms with E-state index in [0.29, 0.717) is 40.9 Å². The molecule has 1 unspecified atom stereocenters. The fraction of sp³-hybridized carbons (Fsp3) is 0.432. The van der Waals surface area contributed by atoms with Crippen molar-refractivity contribution >= 4 is 52.9 Å². The van der Waals surface area contributed by atoms with E-state index in [1.807, 2.05) is 45.0 Å². The summed E-state index contributed by atoms with van der Waals surface area (Å²) in [6.45, 7) is 6.54. The molecule has 0 aliphatic carbocycles. The number of rotatable bonds is 11. The second kappa shape index (κ2) is 16.5. The minimum absolute atomic E-state index is 0.0512. The van der Waals surface area contributed by atoms with Crippen molar-refractivity contribution in [1.82, 2.24) is 20.4 Å². The summed E-state index contributed by atoms with van der Waals surface area (Å²) in [4.78, 5) is 45.9.